The van der Waals surface area contributed by atoms with Gasteiger partial charge in [0.05, 0.1) is 13.0 Å². The molecule has 0 aliphatic carbocycles. The monoisotopic (exact) mass is 381 g/mol. The fourth-order valence-electron chi connectivity index (χ4n) is 2.34. The van der Waals surface area contributed by atoms with Crippen LogP contribution in [0.25, 0.3) is 0 Å². The molecule has 8 nitrogen and oxygen atoms in total. The van der Waals surface area contributed by atoms with Crippen LogP contribution in [0, 0.1) is 5.92 Å². The Morgan fingerprint density at radius 3 is 2.19 bits per heavy atom. The molecule has 0 heterocycles. The van der Waals surface area contributed by atoms with E-state index in [0.29, 0.717) is 5.69 Å². The molecule has 0 radical (unpaired) electrons. The molecule has 0 fully saturated rings. The summed E-state index contributed by atoms with van der Waals surface area (Å²) in [7, 11) is 1.47. The number of likely N-dealkylation sites (N-methyl/N-ethyl adjacent to an activating group) is 1. The number of carbonyl (C=O) groups excluding carboxylic acids is 3. The number of carbonyl (C=O) groups is 3. The van der Waals surface area contributed by atoms with Crippen LogP contribution in [0.1, 0.15) is 39.7 Å². The molecule has 1 unspecified atom stereocenters. The average Bonchev–Trinajstić information content (AvgIpc) is 2.62. The van der Waals surface area contributed by atoms with Crippen molar-refractivity contribution >= 4 is 23.6 Å². The Hall–Kier alpha value is -2.61. The van der Waals surface area contributed by atoms with Crippen LogP contribution in [0.15, 0.2) is 24.3 Å². The van der Waals surface area contributed by atoms with Crippen molar-refractivity contribution in [1.29, 1.82) is 0 Å². The molecular weight excluding hydrogens is 350 g/mol. The van der Waals surface area contributed by atoms with E-state index in [1.54, 1.807) is 38.1 Å². The number of hydrogen-bond donors (Lipinski definition) is 3. The molecule has 4 N–H and O–H groups in total. The number of hydrogen-bond acceptors (Lipinski definition) is 5. The van der Waals surface area contributed by atoms with E-state index in [1.807, 2.05) is 13.8 Å². The molecule has 0 bridgehead atoms. The van der Waals surface area contributed by atoms with Gasteiger partial charge in [-0.2, -0.15) is 0 Å². The maximum absolute atomic E-state index is 12.1. The zero-order chi connectivity index (χ0) is 21.0. The first-order valence-corrected chi connectivity index (χ1v) is 8.94. The molecule has 1 aromatic rings. The van der Waals surface area contributed by atoms with Gasteiger partial charge in [-0.3, -0.25) is 14.5 Å². The zero-order valence-corrected chi connectivity index (χ0v) is 16.7. The highest BCUT2D eigenvalue weighted by Gasteiger charge is 2.28. The molecule has 27 heavy (non-hydrogen) atoms. The van der Waals surface area contributed by atoms with E-state index in [-0.39, 0.29) is 31.5 Å². The van der Waals surface area contributed by atoms with Gasteiger partial charge in [-0.1, -0.05) is 39.8 Å². The molecule has 0 spiro atoms. The molecule has 152 valence electrons. The highest BCUT2D eigenvalue weighted by molar-refractivity contribution is 5.90. The number of nitrogens with zero attached hydrogens (tertiary/aromatic N) is 1. The maximum atomic E-state index is 12.1. The van der Waals surface area contributed by atoms with Crippen molar-refractivity contribution < 1.29 is 24.2 Å². The third kappa shape index (κ3) is 8.54. The minimum Gasteiger partial charge on any atom is -0.445 e. The van der Waals surface area contributed by atoms with Gasteiger partial charge in [0.15, 0.2) is 0 Å². The van der Waals surface area contributed by atoms with Crippen molar-refractivity contribution in [3.05, 3.63) is 29.8 Å². The number of primary amides is 1. The quantitative estimate of drug-likeness (QED) is 0.636. The summed E-state index contributed by atoms with van der Waals surface area (Å²) in [6.07, 6.45) is -0.611. The second-order valence-corrected chi connectivity index (χ2v) is 5.98. The number of nitrogens with two attached hydrogens (primary N) is 1. The van der Waals surface area contributed by atoms with Crippen LogP contribution in [-0.2, 0) is 20.9 Å². The normalized spacial score (nSPS) is 11.1. The summed E-state index contributed by atoms with van der Waals surface area (Å²) >= 11 is 0. The van der Waals surface area contributed by atoms with Gasteiger partial charge in [0.25, 0.3) is 0 Å². The Morgan fingerprint density at radius 2 is 1.74 bits per heavy atom. The van der Waals surface area contributed by atoms with E-state index in [9.17, 15) is 14.4 Å². The number of aliphatic hydroxyl groups is 1. The SMILES string of the molecule is CC.CC(C)C(C(N)=O)N(C)C(=O)OCc1ccc(NC(=O)CCO)cc1. The number of amides is 3. The van der Waals surface area contributed by atoms with Gasteiger partial charge < -0.3 is 20.9 Å². The van der Waals surface area contributed by atoms with Crippen molar-refractivity contribution in [2.75, 3.05) is 19.0 Å². The average molecular weight is 381 g/mol. The largest absolute Gasteiger partial charge is 0.445 e. The van der Waals surface area contributed by atoms with Gasteiger partial charge in [-0.05, 0) is 23.6 Å². The van der Waals surface area contributed by atoms with Crippen molar-refractivity contribution in [3.63, 3.8) is 0 Å². The van der Waals surface area contributed by atoms with Gasteiger partial charge in [-0.15, -0.1) is 0 Å². The summed E-state index contributed by atoms with van der Waals surface area (Å²) in [5, 5.41) is 11.3. The molecule has 1 atom stereocenters. The lowest BCUT2D eigenvalue weighted by Crippen LogP contribution is -2.48. The van der Waals surface area contributed by atoms with Crippen molar-refractivity contribution in [1.82, 2.24) is 4.90 Å². The van der Waals surface area contributed by atoms with E-state index < -0.39 is 18.0 Å². The molecule has 0 saturated carbocycles. The molecule has 0 aromatic heterocycles. The first-order chi connectivity index (χ1) is 12.8. The second-order valence-electron chi connectivity index (χ2n) is 5.98. The summed E-state index contributed by atoms with van der Waals surface area (Å²) in [4.78, 5) is 36.1. The lowest BCUT2D eigenvalue weighted by atomic mass is 10.0. The second kappa shape index (κ2) is 12.7. The number of aliphatic hydroxyl groups excluding tert-OH is 1. The summed E-state index contributed by atoms with van der Waals surface area (Å²) in [6.45, 7) is 7.40. The first kappa shape index (κ1) is 24.4. The third-order valence-electron chi connectivity index (χ3n) is 3.57. The Labute approximate surface area is 160 Å². The van der Waals surface area contributed by atoms with Gasteiger partial charge in [0, 0.05) is 12.7 Å². The minimum atomic E-state index is -0.739. The van der Waals surface area contributed by atoms with E-state index in [1.165, 1.54) is 11.9 Å². The van der Waals surface area contributed by atoms with Crippen molar-refractivity contribution in [2.24, 2.45) is 11.7 Å². The van der Waals surface area contributed by atoms with Gasteiger partial charge in [0.2, 0.25) is 11.8 Å². The fourth-order valence-corrected chi connectivity index (χ4v) is 2.34. The van der Waals surface area contributed by atoms with Crippen LogP contribution < -0.4 is 11.1 Å². The molecule has 0 saturated heterocycles. The van der Waals surface area contributed by atoms with Gasteiger partial charge >= 0.3 is 6.09 Å². The van der Waals surface area contributed by atoms with E-state index in [2.05, 4.69) is 5.32 Å². The summed E-state index contributed by atoms with van der Waals surface area (Å²) < 4.78 is 5.19. The lowest BCUT2D eigenvalue weighted by molar-refractivity contribution is -0.123. The Balaban J connectivity index is 0.00000326. The minimum absolute atomic E-state index is 0.0254. The van der Waals surface area contributed by atoms with Crippen LogP contribution in [0.2, 0.25) is 0 Å². The van der Waals surface area contributed by atoms with Crippen LogP contribution in [0.5, 0.6) is 0 Å². The number of benzene rings is 1. The third-order valence-corrected chi connectivity index (χ3v) is 3.57. The Morgan fingerprint density at radius 1 is 1.19 bits per heavy atom. The van der Waals surface area contributed by atoms with E-state index in [0.717, 1.165) is 5.56 Å². The number of nitrogens with one attached hydrogen (secondary N) is 1. The Bertz CT molecular complexity index is 602. The highest BCUT2D eigenvalue weighted by atomic mass is 16.6. The summed E-state index contributed by atoms with van der Waals surface area (Å²) in [5.74, 6) is -0.997. The van der Waals surface area contributed by atoms with Crippen LogP contribution in [-0.4, -0.2) is 47.6 Å². The molecule has 1 rings (SSSR count). The summed E-state index contributed by atoms with van der Waals surface area (Å²) in [5.41, 5.74) is 6.63. The van der Waals surface area contributed by atoms with E-state index in [4.69, 9.17) is 15.6 Å². The van der Waals surface area contributed by atoms with Crippen LogP contribution >= 0.6 is 0 Å². The molecule has 0 aliphatic heterocycles. The smallest absolute Gasteiger partial charge is 0.410 e. The standard InChI is InChI=1S/C17H25N3O5.C2H6/c1-11(2)15(16(18)23)20(3)17(24)25-10-12-4-6-13(7-5-12)19-14(22)8-9-21;1-2/h4-7,11,15,21H,8-10H2,1-3H3,(H2,18,23)(H,19,22);1-2H3. The topological polar surface area (TPSA) is 122 Å². The molecular formula is C19H31N3O5. The number of rotatable bonds is 8. The predicted molar refractivity (Wildman–Crippen MR) is 104 cm³/mol. The molecule has 8 heteroatoms. The Kier molecular flexibility index (Phi) is 11.5. The van der Waals surface area contributed by atoms with Crippen LogP contribution in [0.4, 0.5) is 10.5 Å². The van der Waals surface area contributed by atoms with Crippen molar-refractivity contribution in [3.8, 4) is 0 Å². The van der Waals surface area contributed by atoms with E-state index >= 15 is 0 Å². The number of ether oxygens (including phenoxy) is 1. The maximum Gasteiger partial charge on any atom is 0.410 e. The molecule has 0 aliphatic rings. The lowest BCUT2D eigenvalue weighted by Gasteiger charge is -2.27. The first-order valence-electron chi connectivity index (χ1n) is 8.94. The van der Waals surface area contributed by atoms with Gasteiger partial charge in [-0.25, -0.2) is 4.79 Å². The summed E-state index contributed by atoms with van der Waals surface area (Å²) in [6, 6.07) is 6.01. The predicted octanol–water partition coefficient (Wildman–Crippen LogP) is 2.11. The fraction of sp³-hybridized carbons (Fsp3) is 0.526. The van der Waals surface area contributed by atoms with Crippen molar-refractivity contribution in [2.45, 2.75) is 46.8 Å². The van der Waals surface area contributed by atoms with Crippen LogP contribution in [0.3, 0.4) is 0 Å². The van der Waals surface area contributed by atoms with Gasteiger partial charge in [0.1, 0.15) is 12.6 Å². The zero-order valence-electron chi connectivity index (χ0n) is 16.7. The molecule has 1 aromatic carbocycles. The number of anilines is 1. The molecule has 3 amide bonds. The highest BCUT2D eigenvalue weighted by Crippen LogP contribution is 2.13.